The second-order valence-corrected chi connectivity index (χ2v) is 10.9. The van der Waals surface area contributed by atoms with E-state index >= 15 is 0 Å². The van der Waals surface area contributed by atoms with Crippen LogP contribution in [0.3, 0.4) is 0 Å². The molecular formula is C29H33F3N6O3. The molecule has 2 aliphatic heterocycles. The molecule has 218 valence electrons. The third-order valence-electron chi connectivity index (χ3n) is 8.17. The maximum Gasteiger partial charge on any atom is 0.413 e. The van der Waals surface area contributed by atoms with Crippen LogP contribution >= 0.6 is 0 Å². The number of hydrogen-bond acceptors (Lipinski definition) is 7. The van der Waals surface area contributed by atoms with Crippen LogP contribution < -0.4 is 9.80 Å². The Morgan fingerprint density at radius 2 is 1.80 bits per heavy atom. The van der Waals surface area contributed by atoms with Crippen LogP contribution in [0.1, 0.15) is 46.8 Å². The van der Waals surface area contributed by atoms with E-state index in [-0.39, 0.29) is 11.9 Å². The summed E-state index contributed by atoms with van der Waals surface area (Å²) in [6, 6.07) is 4.13. The van der Waals surface area contributed by atoms with Gasteiger partial charge in [-0.05, 0) is 67.2 Å². The normalized spacial score (nSPS) is 21.0. The van der Waals surface area contributed by atoms with Crippen LogP contribution in [-0.4, -0.2) is 89.2 Å². The zero-order valence-corrected chi connectivity index (χ0v) is 23.2. The largest absolute Gasteiger partial charge is 0.478 e. The number of hydrogen-bond donors (Lipinski definition) is 1. The molecule has 5 rings (SSSR count). The molecule has 1 aromatic heterocycles. The fraction of sp³-hybridized carbons (Fsp3) is 0.448. The van der Waals surface area contributed by atoms with Gasteiger partial charge in [-0.2, -0.15) is 18.2 Å². The van der Waals surface area contributed by atoms with Crippen molar-refractivity contribution in [1.29, 1.82) is 0 Å². The van der Waals surface area contributed by atoms with Crippen LogP contribution in [0, 0.1) is 0 Å². The lowest BCUT2D eigenvalue weighted by Crippen LogP contribution is -2.48. The van der Waals surface area contributed by atoms with Crippen molar-refractivity contribution in [2.24, 2.45) is 0 Å². The van der Waals surface area contributed by atoms with Crippen LogP contribution in [0.15, 0.2) is 54.4 Å². The molecule has 1 aliphatic carbocycles. The molecule has 0 radical (unpaired) electrons. The number of carbonyl (C=O) groups excluding carboxylic acids is 1. The van der Waals surface area contributed by atoms with Crippen molar-refractivity contribution >= 4 is 23.6 Å². The van der Waals surface area contributed by atoms with Crippen molar-refractivity contribution in [3.63, 3.8) is 0 Å². The number of nitrogens with zero attached hydrogens (tertiary/aromatic N) is 6. The summed E-state index contributed by atoms with van der Waals surface area (Å²) in [6.45, 7) is 1.44. The molecule has 1 saturated heterocycles. The molecular weight excluding hydrogens is 537 g/mol. The van der Waals surface area contributed by atoms with Gasteiger partial charge in [0.05, 0.1) is 11.6 Å². The molecule has 3 heterocycles. The van der Waals surface area contributed by atoms with Crippen molar-refractivity contribution in [2.75, 3.05) is 44.0 Å². The first-order chi connectivity index (χ1) is 19.5. The maximum atomic E-state index is 14.1. The van der Waals surface area contributed by atoms with Gasteiger partial charge in [-0.1, -0.05) is 6.07 Å². The average Bonchev–Trinajstić information content (AvgIpc) is 3.39. The Morgan fingerprint density at radius 1 is 1.07 bits per heavy atom. The van der Waals surface area contributed by atoms with Gasteiger partial charge in [0.15, 0.2) is 6.04 Å². The highest BCUT2D eigenvalue weighted by Crippen LogP contribution is 2.43. The Hall–Kier alpha value is -4.09. The minimum Gasteiger partial charge on any atom is -0.478 e. The van der Waals surface area contributed by atoms with Crippen molar-refractivity contribution in [1.82, 2.24) is 19.8 Å². The molecule has 0 bridgehead atoms. The molecule has 2 unspecified atom stereocenters. The van der Waals surface area contributed by atoms with Crippen molar-refractivity contribution < 1.29 is 27.9 Å². The first kappa shape index (κ1) is 28.4. The summed E-state index contributed by atoms with van der Waals surface area (Å²) in [5.41, 5.74) is 1.19. The van der Waals surface area contributed by atoms with E-state index in [2.05, 4.69) is 14.9 Å². The summed E-state index contributed by atoms with van der Waals surface area (Å²) in [7, 11) is 5.53. The number of aliphatic carboxylic acids is 1. The third-order valence-corrected chi connectivity index (χ3v) is 8.17. The monoisotopic (exact) mass is 570 g/mol. The fourth-order valence-electron chi connectivity index (χ4n) is 6.01. The Labute approximate surface area is 236 Å². The highest BCUT2D eigenvalue weighted by molar-refractivity contribution is 5.94. The number of anilines is 2. The number of carboxylic acids is 1. The number of piperidine rings is 1. The van der Waals surface area contributed by atoms with E-state index in [0.29, 0.717) is 29.9 Å². The Balaban J connectivity index is 1.30. The van der Waals surface area contributed by atoms with E-state index in [1.807, 2.05) is 25.1 Å². The second kappa shape index (κ2) is 11.1. The van der Waals surface area contributed by atoms with Crippen LogP contribution in [-0.2, 0) is 11.2 Å². The molecule has 41 heavy (non-hydrogen) atoms. The zero-order valence-electron chi connectivity index (χ0n) is 23.2. The third kappa shape index (κ3) is 5.59. The lowest BCUT2D eigenvalue weighted by atomic mass is 9.96. The Bertz CT molecular complexity index is 1380. The van der Waals surface area contributed by atoms with E-state index < -0.39 is 29.8 Å². The number of halogens is 3. The Morgan fingerprint density at radius 3 is 2.46 bits per heavy atom. The lowest BCUT2D eigenvalue weighted by Gasteiger charge is -2.39. The molecule has 3 aliphatic rings. The quantitative estimate of drug-likeness (QED) is 0.557. The summed E-state index contributed by atoms with van der Waals surface area (Å²) in [4.78, 5) is 40.9. The number of allylic oxidation sites excluding steroid dienone is 2. The number of carboxylic acid groups (broad SMARTS) is 1. The SMILES string of the molecule is CN(C)c1nccc(N2CCC(N(C)C(=O)c3ccc4c(c3)C(N3C=CC=C(C(=O)O)C3C(F)(F)F)CC4)CC2)n1. The number of aryl methyl sites for hydroxylation is 1. The van der Waals surface area contributed by atoms with Crippen LogP contribution in [0.4, 0.5) is 24.9 Å². The standard InChI is InChI=1S/C29H33F3N6O3/c1-35(2)28-33-13-10-24(34-28)37-15-11-20(12-16-37)36(3)26(39)19-7-6-18-8-9-23(22(18)17-19)38-14-4-5-21(27(40)41)25(38)29(30,31)32/h4-7,10,13-14,17,20,23,25H,8-9,11-12,15-16H2,1-3H3,(H,40,41). The first-order valence-electron chi connectivity index (χ1n) is 13.6. The lowest BCUT2D eigenvalue weighted by molar-refractivity contribution is -0.176. The highest BCUT2D eigenvalue weighted by atomic mass is 19.4. The number of aromatic nitrogens is 2. The number of rotatable bonds is 6. The number of fused-ring (bicyclic) bond motifs is 1. The second-order valence-electron chi connectivity index (χ2n) is 10.9. The topological polar surface area (TPSA) is 93.1 Å². The summed E-state index contributed by atoms with van der Waals surface area (Å²) in [5, 5.41) is 9.45. The van der Waals surface area contributed by atoms with Gasteiger partial charge in [0.1, 0.15) is 5.82 Å². The van der Waals surface area contributed by atoms with Crippen molar-refractivity contribution in [3.8, 4) is 0 Å². The van der Waals surface area contributed by atoms with Gasteiger partial charge in [-0.25, -0.2) is 9.78 Å². The van der Waals surface area contributed by atoms with Gasteiger partial charge in [0.2, 0.25) is 5.95 Å². The molecule has 9 nitrogen and oxygen atoms in total. The molecule has 0 spiro atoms. The van der Waals surface area contributed by atoms with Crippen LogP contribution in [0.25, 0.3) is 0 Å². The van der Waals surface area contributed by atoms with Crippen molar-refractivity contribution in [3.05, 3.63) is 71.1 Å². The van der Waals surface area contributed by atoms with Gasteiger partial charge < -0.3 is 24.7 Å². The number of alkyl halides is 3. The van der Waals surface area contributed by atoms with Crippen LogP contribution in [0.5, 0.6) is 0 Å². The highest BCUT2D eigenvalue weighted by Gasteiger charge is 2.50. The van der Waals surface area contributed by atoms with Gasteiger partial charge >= 0.3 is 12.1 Å². The summed E-state index contributed by atoms with van der Waals surface area (Å²) in [5.74, 6) is -0.329. The fourth-order valence-corrected chi connectivity index (χ4v) is 6.01. The Kier molecular flexibility index (Phi) is 7.67. The van der Waals surface area contributed by atoms with E-state index in [9.17, 15) is 27.9 Å². The smallest absolute Gasteiger partial charge is 0.413 e. The first-order valence-corrected chi connectivity index (χ1v) is 13.6. The van der Waals surface area contributed by atoms with Gasteiger partial charge in [-0.15, -0.1) is 0 Å². The predicted octanol–water partition coefficient (Wildman–Crippen LogP) is 4.04. The number of benzene rings is 1. The van der Waals surface area contributed by atoms with Gasteiger partial charge in [0.25, 0.3) is 5.91 Å². The molecule has 1 amide bonds. The predicted molar refractivity (Wildman–Crippen MR) is 148 cm³/mol. The number of amides is 1. The average molecular weight is 571 g/mol. The summed E-state index contributed by atoms with van der Waals surface area (Å²) >= 11 is 0. The van der Waals surface area contributed by atoms with Gasteiger partial charge in [0, 0.05) is 58.2 Å². The summed E-state index contributed by atoms with van der Waals surface area (Å²) < 4.78 is 42.3. The molecule has 1 N–H and O–H groups in total. The van der Waals surface area contributed by atoms with E-state index in [1.54, 1.807) is 36.3 Å². The van der Waals surface area contributed by atoms with Crippen LogP contribution in [0.2, 0.25) is 0 Å². The van der Waals surface area contributed by atoms with E-state index in [1.165, 1.54) is 12.3 Å². The molecule has 1 fully saturated rings. The van der Waals surface area contributed by atoms with E-state index in [4.69, 9.17) is 0 Å². The zero-order chi connectivity index (χ0) is 29.5. The minimum atomic E-state index is -4.78. The molecule has 0 saturated carbocycles. The van der Waals surface area contributed by atoms with Gasteiger partial charge in [-0.3, -0.25) is 4.79 Å². The van der Waals surface area contributed by atoms with E-state index in [0.717, 1.165) is 48.3 Å². The minimum absolute atomic E-state index is 0.000794. The maximum absolute atomic E-state index is 14.1. The molecule has 2 aromatic rings. The molecule has 12 heteroatoms. The molecule has 1 aromatic carbocycles. The summed E-state index contributed by atoms with van der Waals surface area (Å²) in [6.07, 6.45) is 3.01. The molecule has 2 atom stereocenters. The number of carbonyl (C=O) groups is 2. The van der Waals surface area contributed by atoms with Crippen molar-refractivity contribution in [2.45, 2.75) is 50.0 Å².